The van der Waals surface area contributed by atoms with Crippen molar-refractivity contribution in [1.82, 2.24) is 4.98 Å². The molecule has 2 heterocycles. The van der Waals surface area contributed by atoms with Gasteiger partial charge in [0.2, 0.25) is 0 Å². The van der Waals surface area contributed by atoms with Gasteiger partial charge in [-0.25, -0.2) is 4.98 Å². The van der Waals surface area contributed by atoms with Gasteiger partial charge in [0, 0.05) is 29.3 Å². The molecule has 1 aromatic heterocycles. The number of hydrogen-bond donors (Lipinski definition) is 1. The number of rotatable bonds is 3. The molecule has 0 saturated carbocycles. The van der Waals surface area contributed by atoms with Crippen molar-refractivity contribution in [1.29, 1.82) is 0 Å². The first-order valence-corrected chi connectivity index (χ1v) is 11.7. The molecule has 3 aromatic rings. The third-order valence-corrected chi connectivity index (χ3v) is 7.18. The summed E-state index contributed by atoms with van der Waals surface area (Å²) in [7, 11) is 0. The second-order valence-corrected chi connectivity index (χ2v) is 10.7. The summed E-state index contributed by atoms with van der Waals surface area (Å²) < 4.78 is 0. The third-order valence-electron chi connectivity index (χ3n) is 7.18. The molecule has 5 rings (SSSR count). The van der Waals surface area contributed by atoms with E-state index in [9.17, 15) is 5.11 Å². The van der Waals surface area contributed by atoms with Crippen LogP contribution in [0.25, 0.3) is 0 Å². The van der Waals surface area contributed by atoms with Crippen molar-refractivity contribution in [3.63, 3.8) is 0 Å². The number of allylic oxidation sites excluding steroid dienone is 3. The SMILES string of the molecule is CC(C)(C)c1ccc2c(c1)C1CC=C(O)C=C1N2c1cc(C(C)(C)c2ccccc2)ccn1. The van der Waals surface area contributed by atoms with Crippen molar-refractivity contribution >= 4 is 11.5 Å². The Morgan fingerprint density at radius 2 is 1.64 bits per heavy atom. The molecule has 3 nitrogen and oxygen atoms in total. The van der Waals surface area contributed by atoms with Gasteiger partial charge >= 0.3 is 0 Å². The van der Waals surface area contributed by atoms with Gasteiger partial charge in [0.05, 0.1) is 5.69 Å². The third kappa shape index (κ3) is 3.66. The number of fused-ring (bicyclic) bond motifs is 3. The van der Waals surface area contributed by atoms with E-state index in [0.29, 0.717) is 5.76 Å². The summed E-state index contributed by atoms with van der Waals surface area (Å²) in [6.07, 6.45) is 6.53. The summed E-state index contributed by atoms with van der Waals surface area (Å²) in [6, 6.07) is 21.7. The largest absolute Gasteiger partial charge is 0.508 e. The highest BCUT2D eigenvalue weighted by Crippen LogP contribution is 2.51. The monoisotopic (exact) mass is 436 g/mol. The fourth-order valence-corrected chi connectivity index (χ4v) is 5.03. The Labute approximate surface area is 197 Å². The molecule has 0 bridgehead atoms. The van der Waals surface area contributed by atoms with E-state index in [1.54, 1.807) is 0 Å². The van der Waals surface area contributed by atoms with E-state index in [2.05, 4.69) is 100 Å². The standard InChI is InChI=1S/C30H32N2O/c1-29(2,3)21-11-14-26-25(17-21)24-13-12-23(33)19-27(24)32(26)28-18-22(15-16-31-28)30(4,5)20-9-7-6-8-10-20/h6-12,14-19,24,33H,13H2,1-5H3. The van der Waals surface area contributed by atoms with Crippen molar-refractivity contribution in [2.24, 2.45) is 0 Å². The van der Waals surface area contributed by atoms with E-state index in [-0.39, 0.29) is 16.7 Å². The zero-order valence-corrected chi connectivity index (χ0v) is 20.1. The lowest BCUT2D eigenvalue weighted by atomic mass is 9.78. The van der Waals surface area contributed by atoms with Crippen molar-refractivity contribution in [3.05, 3.63) is 113 Å². The maximum absolute atomic E-state index is 10.4. The van der Waals surface area contributed by atoms with Gasteiger partial charge in [-0.05, 0) is 58.4 Å². The smallest absolute Gasteiger partial charge is 0.137 e. The number of aliphatic hydroxyl groups is 1. The molecule has 1 atom stereocenters. The van der Waals surface area contributed by atoms with Crippen LogP contribution in [0.4, 0.5) is 11.5 Å². The Hall–Kier alpha value is -3.33. The van der Waals surface area contributed by atoms with E-state index in [1.165, 1.54) is 22.3 Å². The van der Waals surface area contributed by atoms with Crippen LogP contribution in [0.3, 0.4) is 0 Å². The summed E-state index contributed by atoms with van der Waals surface area (Å²) in [5.74, 6) is 1.45. The Morgan fingerprint density at radius 3 is 2.36 bits per heavy atom. The first kappa shape index (κ1) is 21.5. The first-order valence-electron chi connectivity index (χ1n) is 11.7. The van der Waals surface area contributed by atoms with Crippen LogP contribution in [0, 0.1) is 0 Å². The Bertz CT molecular complexity index is 1260. The van der Waals surface area contributed by atoms with Crippen LogP contribution in [0.15, 0.2) is 90.5 Å². The van der Waals surface area contributed by atoms with Crippen LogP contribution in [0.1, 0.15) is 69.2 Å². The van der Waals surface area contributed by atoms with Crippen molar-refractivity contribution in [2.75, 3.05) is 4.90 Å². The molecule has 0 spiro atoms. The van der Waals surface area contributed by atoms with Gasteiger partial charge in [0.15, 0.2) is 0 Å². The molecule has 2 aliphatic rings. The highest BCUT2D eigenvalue weighted by molar-refractivity contribution is 5.78. The van der Waals surface area contributed by atoms with E-state index in [4.69, 9.17) is 4.98 Å². The van der Waals surface area contributed by atoms with Gasteiger partial charge in [0.1, 0.15) is 11.6 Å². The van der Waals surface area contributed by atoms with Gasteiger partial charge in [-0.1, -0.05) is 77.1 Å². The molecule has 0 saturated heterocycles. The molecule has 168 valence electrons. The van der Waals surface area contributed by atoms with E-state index in [0.717, 1.165) is 23.6 Å². The second-order valence-electron chi connectivity index (χ2n) is 10.7. The molecule has 0 fully saturated rings. The van der Waals surface area contributed by atoms with Crippen LogP contribution >= 0.6 is 0 Å². The highest BCUT2D eigenvalue weighted by Gasteiger charge is 2.38. The molecular weight excluding hydrogens is 404 g/mol. The number of pyridine rings is 1. The van der Waals surface area contributed by atoms with Gasteiger partial charge in [-0.2, -0.15) is 0 Å². The van der Waals surface area contributed by atoms with Gasteiger partial charge in [0.25, 0.3) is 0 Å². The lowest BCUT2D eigenvalue weighted by molar-refractivity contribution is 0.423. The van der Waals surface area contributed by atoms with E-state index in [1.807, 2.05) is 18.3 Å². The predicted molar refractivity (Wildman–Crippen MR) is 136 cm³/mol. The fraction of sp³-hybridized carbons (Fsp3) is 0.300. The lowest BCUT2D eigenvalue weighted by Crippen LogP contribution is -2.21. The first-order chi connectivity index (χ1) is 15.7. The second kappa shape index (κ2) is 7.62. The maximum Gasteiger partial charge on any atom is 0.137 e. The zero-order valence-electron chi connectivity index (χ0n) is 20.1. The van der Waals surface area contributed by atoms with Crippen LogP contribution in [0.2, 0.25) is 0 Å². The van der Waals surface area contributed by atoms with E-state index >= 15 is 0 Å². The molecule has 1 N–H and O–H groups in total. The summed E-state index contributed by atoms with van der Waals surface area (Å²) >= 11 is 0. The van der Waals surface area contributed by atoms with Crippen molar-refractivity contribution in [2.45, 2.75) is 57.8 Å². The maximum atomic E-state index is 10.4. The van der Waals surface area contributed by atoms with Crippen LogP contribution < -0.4 is 4.90 Å². The number of anilines is 2. The number of aromatic nitrogens is 1. The molecule has 33 heavy (non-hydrogen) atoms. The molecule has 0 radical (unpaired) electrons. The lowest BCUT2D eigenvalue weighted by Gasteiger charge is -2.29. The van der Waals surface area contributed by atoms with Gasteiger partial charge in [-0.3, -0.25) is 4.90 Å². The minimum Gasteiger partial charge on any atom is -0.508 e. The summed E-state index contributed by atoms with van der Waals surface area (Å²) in [4.78, 5) is 7.04. The average Bonchev–Trinajstić information content (AvgIpc) is 3.12. The molecule has 1 aliphatic heterocycles. The van der Waals surface area contributed by atoms with Crippen LogP contribution in [0.5, 0.6) is 0 Å². The van der Waals surface area contributed by atoms with E-state index < -0.39 is 0 Å². The Morgan fingerprint density at radius 1 is 0.879 bits per heavy atom. The van der Waals surface area contributed by atoms with Crippen molar-refractivity contribution < 1.29 is 5.11 Å². The topological polar surface area (TPSA) is 36.4 Å². The molecule has 3 heteroatoms. The minimum absolute atomic E-state index is 0.0802. The molecule has 1 unspecified atom stereocenters. The summed E-state index contributed by atoms with van der Waals surface area (Å²) in [5.41, 5.74) is 7.31. The minimum atomic E-state index is -0.153. The highest BCUT2D eigenvalue weighted by atomic mass is 16.3. The Kier molecular flexibility index (Phi) is 4.97. The number of aliphatic hydroxyl groups excluding tert-OH is 1. The number of nitrogens with zero attached hydrogens (tertiary/aromatic N) is 2. The summed E-state index contributed by atoms with van der Waals surface area (Å²) in [6.45, 7) is 11.3. The molecule has 0 amide bonds. The normalized spacial score (nSPS) is 17.8. The predicted octanol–water partition coefficient (Wildman–Crippen LogP) is 7.67. The zero-order chi connectivity index (χ0) is 23.4. The molecule has 1 aliphatic carbocycles. The van der Waals surface area contributed by atoms with Crippen molar-refractivity contribution in [3.8, 4) is 0 Å². The molecule has 2 aromatic carbocycles. The molecular formula is C30H32N2O. The Balaban J connectivity index is 1.64. The fourth-order valence-electron chi connectivity index (χ4n) is 5.03. The van der Waals surface area contributed by atoms with Gasteiger partial charge < -0.3 is 5.11 Å². The van der Waals surface area contributed by atoms with Gasteiger partial charge in [-0.15, -0.1) is 0 Å². The van der Waals surface area contributed by atoms with Crippen LogP contribution in [-0.2, 0) is 10.8 Å². The average molecular weight is 437 g/mol. The quantitative estimate of drug-likeness (QED) is 0.457. The number of benzene rings is 2. The summed E-state index contributed by atoms with van der Waals surface area (Å²) in [5, 5.41) is 10.4. The number of hydrogen-bond acceptors (Lipinski definition) is 3. The van der Waals surface area contributed by atoms with Crippen LogP contribution in [-0.4, -0.2) is 10.1 Å².